The largest absolute Gasteiger partial charge is 0.493 e. The highest BCUT2D eigenvalue weighted by atomic mass is 35.5. The number of azo groups is 1. The van der Waals surface area contributed by atoms with Gasteiger partial charge < -0.3 is 5.11 Å². The number of pyridine rings is 1. The first-order valence-corrected chi connectivity index (χ1v) is 9.39. The molecule has 0 fully saturated rings. The Balaban J connectivity index is 2.49. The molecule has 2 rings (SSSR count). The molecule has 8 heteroatoms. The minimum Gasteiger partial charge on any atom is -0.493 e. The number of hydrogen-bond donors (Lipinski definition) is 1. The number of unbranched alkanes of at least 4 members (excludes halogenated alkanes) is 3. The van der Waals surface area contributed by atoms with Crippen LogP contribution in [0.15, 0.2) is 33.2 Å². The first-order valence-electron chi connectivity index (χ1n) is 8.64. The molecule has 0 amide bonds. The second-order valence-electron chi connectivity index (χ2n) is 6.10. The molecule has 2 aromatic rings. The fraction of sp³-hybridized carbons (Fsp3) is 0.368. The maximum absolute atomic E-state index is 12.8. The number of benzene rings is 1. The molecule has 0 aliphatic rings. The summed E-state index contributed by atoms with van der Waals surface area (Å²) in [4.78, 5) is 12.8. The van der Waals surface area contributed by atoms with Gasteiger partial charge in [0.2, 0.25) is 5.88 Å². The monoisotopic (exact) mass is 406 g/mol. The summed E-state index contributed by atoms with van der Waals surface area (Å²) in [6.07, 6.45) is 3.73. The van der Waals surface area contributed by atoms with Crippen molar-refractivity contribution in [3.05, 3.63) is 49.7 Å². The lowest BCUT2D eigenvalue weighted by Crippen LogP contribution is -2.22. The van der Waals surface area contributed by atoms with Crippen LogP contribution >= 0.6 is 23.2 Å². The van der Waals surface area contributed by atoms with Gasteiger partial charge in [0.25, 0.3) is 5.56 Å². The molecule has 142 valence electrons. The summed E-state index contributed by atoms with van der Waals surface area (Å²) in [5.41, 5.74) is 0.0882. The second kappa shape index (κ2) is 9.54. The van der Waals surface area contributed by atoms with Crippen LogP contribution < -0.4 is 5.56 Å². The minimum atomic E-state index is -0.498. The molecule has 1 aromatic carbocycles. The Hall–Kier alpha value is -2.36. The molecule has 0 atom stereocenters. The van der Waals surface area contributed by atoms with Gasteiger partial charge in [-0.25, -0.2) is 0 Å². The van der Waals surface area contributed by atoms with E-state index in [-0.39, 0.29) is 22.7 Å². The van der Waals surface area contributed by atoms with Gasteiger partial charge in [0.05, 0.1) is 5.02 Å². The van der Waals surface area contributed by atoms with Crippen molar-refractivity contribution in [1.29, 1.82) is 5.26 Å². The van der Waals surface area contributed by atoms with Gasteiger partial charge in [-0.2, -0.15) is 5.26 Å². The second-order valence-corrected chi connectivity index (χ2v) is 6.94. The zero-order valence-electron chi connectivity index (χ0n) is 15.2. The molecule has 27 heavy (non-hydrogen) atoms. The van der Waals surface area contributed by atoms with Gasteiger partial charge in [-0.15, -0.1) is 10.2 Å². The summed E-state index contributed by atoms with van der Waals surface area (Å²) in [6.45, 7) is 3.94. The Kier molecular flexibility index (Phi) is 7.40. The Morgan fingerprint density at radius 2 is 1.96 bits per heavy atom. The van der Waals surface area contributed by atoms with Crippen LogP contribution in [0.5, 0.6) is 5.88 Å². The van der Waals surface area contributed by atoms with Crippen molar-refractivity contribution in [2.24, 2.45) is 10.2 Å². The standard InChI is InChI=1S/C19H20Cl2N4O2/c1-3-4-5-6-9-25-18(26)14(11-22)12(2)17(19(25)27)24-23-16-10-13(20)7-8-15(16)21/h7-8,10,26H,3-6,9H2,1-2H3. The highest BCUT2D eigenvalue weighted by Gasteiger charge is 2.19. The first kappa shape index (κ1) is 20.9. The number of nitriles is 1. The third kappa shape index (κ3) is 4.88. The molecule has 6 nitrogen and oxygen atoms in total. The van der Waals surface area contributed by atoms with Crippen LogP contribution in [0.2, 0.25) is 10.0 Å². The van der Waals surface area contributed by atoms with Crippen LogP contribution in [0, 0.1) is 18.3 Å². The van der Waals surface area contributed by atoms with Gasteiger partial charge in [0.15, 0.2) is 5.69 Å². The normalized spacial score (nSPS) is 11.1. The van der Waals surface area contributed by atoms with E-state index in [0.717, 1.165) is 19.3 Å². The van der Waals surface area contributed by atoms with E-state index >= 15 is 0 Å². The van der Waals surface area contributed by atoms with Crippen molar-refractivity contribution in [2.75, 3.05) is 0 Å². The van der Waals surface area contributed by atoms with E-state index in [1.54, 1.807) is 19.1 Å². The molecule has 1 aromatic heterocycles. The van der Waals surface area contributed by atoms with Crippen molar-refractivity contribution >= 4 is 34.6 Å². The molecule has 0 radical (unpaired) electrons. The number of hydrogen-bond acceptors (Lipinski definition) is 5. The highest BCUT2D eigenvalue weighted by molar-refractivity contribution is 6.35. The summed E-state index contributed by atoms with van der Waals surface area (Å²) in [7, 11) is 0. The lowest BCUT2D eigenvalue weighted by atomic mass is 10.1. The average molecular weight is 407 g/mol. The van der Waals surface area contributed by atoms with Gasteiger partial charge >= 0.3 is 0 Å². The predicted octanol–water partition coefficient (Wildman–Crippen LogP) is 6.04. The van der Waals surface area contributed by atoms with E-state index in [9.17, 15) is 15.2 Å². The predicted molar refractivity (Wildman–Crippen MR) is 107 cm³/mol. The molecular formula is C19H20Cl2N4O2. The van der Waals surface area contributed by atoms with Gasteiger partial charge in [0.1, 0.15) is 17.3 Å². The Bertz CT molecular complexity index is 962. The fourth-order valence-electron chi connectivity index (χ4n) is 2.63. The van der Waals surface area contributed by atoms with Crippen LogP contribution in [0.3, 0.4) is 0 Å². The van der Waals surface area contributed by atoms with Gasteiger partial charge in [-0.3, -0.25) is 9.36 Å². The number of aromatic nitrogens is 1. The molecule has 0 unspecified atom stereocenters. The van der Waals surface area contributed by atoms with Crippen LogP contribution in [0.25, 0.3) is 0 Å². The smallest absolute Gasteiger partial charge is 0.281 e. The molecule has 0 spiro atoms. The summed E-state index contributed by atoms with van der Waals surface area (Å²) in [5, 5.41) is 28.5. The molecule has 1 N–H and O–H groups in total. The Morgan fingerprint density at radius 1 is 1.22 bits per heavy atom. The minimum absolute atomic E-state index is 0.00381. The third-order valence-corrected chi connectivity index (χ3v) is 4.72. The number of nitrogens with zero attached hydrogens (tertiary/aromatic N) is 4. The van der Waals surface area contributed by atoms with E-state index in [0.29, 0.717) is 28.7 Å². The lowest BCUT2D eigenvalue weighted by Gasteiger charge is -2.12. The van der Waals surface area contributed by atoms with Crippen molar-refractivity contribution < 1.29 is 5.11 Å². The lowest BCUT2D eigenvalue weighted by molar-refractivity contribution is 0.397. The van der Waals surface area contributed by atoms with Gasteiger partial charge in [0, 0.05) is 17.1 Å². The molecular weight excluding hydrogens is 387 g/mol. The van der Waals surface area contributed by atoms with E-state index in [1.165, 1.54) is 10.6 Å². The maximum Gasteiger partial charge on any atom is 0.281 e. The third-order valence-electron chi connectivity index (χ3n) is 4.17. The van der Waals surface area contributed by atoms with E-state index in [4.69, 9.17) is 23.2 Å². The molecule has 0 saturated carbocycles. The number of aromatic hydroxyl groups is 1. The van der Waals surface area contributed by atoms with Crippen molar-refractivity contribution in [3.63, 3.8) is 0 Å². The van der Waals surface area contributed by atoms with Crippen LogP contribution in [0.1, 0.15) is 43.7 Å². The van der Waals surface area contributed by atoms with Crippen LogP contribution in [-0.4, -0.2) is 9.67 Å². The summed E-state index contributed by atoms with van der Waals surface area (Å²) < 4.78 is 1.18. The van der Waals surface area contributed by atoms with Crippen molar-refractivity contribution in [2.45, 2.75) is 46.1 Å². The van der Waals surface area contributed by atoms with Crippen LogP contribution in [0.4, 0.5) is 11.4 Å². The zero-order valence-corrected chi connectivity index (χ0v) is 16.7. The molecule has 0 aliphatic carbocycles. The molecule has 0 saturated heterocycles. The van der Waals surface area contributed by atoms with Crippen molar-refractivity contribution in [1.82, 2.24) is 4.57 Å². The van der Waals surface area contributed by atoms with E-state index in [1.807, 2.05) is 6.07 Å². The Labute approximate surface area is 167 Å². The topological polar surface area (TPSA) is 90.7 Å². The summed E-state index contributed by atoms with van der Waals surface area (Å²) in [5.74, 6) is -0.337. The quantitative estimate of drug-likeness (QED) is 0.448. The SMILES string of the molecule is CCCCCCn1c(O)c(C#N)c(C)c(N=Nc2cc(Cl)ccc2Cl)c1=O. The summed E-state index contributed by atoms with van der Waals surface area (Å²) in [6, 6.07) is 6.65. The Morgan fingerprint density at radius 3 is 2.63 bits per heavy atom. The van der Waals surface area contributed by atoms with E-state index < -0.39 is 5.56 Å². The van der Waals surface area contributed by atoms with Crippen molar-refractivity contribution in [3.8, 4) is 11.9 Å². The van der Waals surface area contributed by atoms with E-state index in [2.05, 4.69) is 17.2 Å². The maximum atomic E-state index is 12.8. The zero-order chi connectivity index (χ0) is 20.0. The fourth-order valence-corrected chi connectivity index (χ4v) is 2.95. The van der Waals surface area contributed by atoms with Gasteiger partial charge in [-0.05, 0) is 31.5 Å². The van der Waals surface area contributed by atoms with Gasteiger partial charge in [-0.1, -0.05) is 49.4 Å². The summed E-state index contributed by atoms with van der Waals surface area (Å²) >= 11 is 12.0. The molecule has 0 bridgehead atoms. The highest BCUT2D eigenvalue weighted by Crippen LogP contribution is 2.31. The number of rotatable bonds is 7. The molecule has 0 aliphatic heterocycles. The average Bonchev–Trinajstić information content (AvgIpc) is 2.64. The van der Waals surface area contributed by atoms with Crippen LogP contribution in [-0.2, 0) is 6.54 Å². The number of halogens is 2. The molecule has 1 heterocycles. The first-order chi connectivity index (χ1) is 12.9.